The molecule has 19 heavy (non-hydrogen) atoms. The van der Waals surface area contributed by atoms with Gasteiger partial charge in [0.15, 0.2) is 0 Å². The van der Waals surface area contributed by atoms with E-state index in [1.165, 1.54) is 31.6 Å². The minimum absolute atomic E-state index is 0.110. The Labute approximate surface area is 117 Å². The van der Waals surface area contributed by atoms with Gasteiger partial charge in [0.1, 0.15) is 0 Å². The second-order valence-corrected chi connectivity index (χ2v) is 5.55. The number of rotatable bonds is 5. The van der Waals surface area contributed by atoms with Crippen molar-refractivity contribution in [3.63, 3.8) is 0 Å². The normalized spacial score (nSPS) is 21.2. The zero-order chi connectivity index (χ0) is 13.7. The Kier molecular flexibility index (Phi) is 5.37. The zero-order valence-electron chi connectivity index (χ0n) is 12.3. The van der Waals surface area contributed by atoms with Gasteiger partial charge >= 0.3 is 0 Å². The summed E-state index contributed by atoms with van der Waals surface area (Å²) in [5, 5.41) is 0. The van der Waals surface area contributed by atoms with Crippen LogP contribution in [0.4, 0.5) is 0 Å². The van der Waals surface area contributed by atoms with Gasteiger partial charge in [0.05, 0.1) is 0 Å². The Morgan fingerprint density at radius 3 is 2.32 bits per heavy atom. The minimum atomic E-state index is 0.110. The van der Waals surface area contributed by atoms with Crippen LogP contribution in [0.15, 0.2) is 30.3 Å². The summed E-state index contributed by atoms with van der Waals surface area (Å²) in [6, 6.07) is 11.0. The van der Waals surface area contributed by atoms with Gasteiger partial charge in [0.2, 0.25) is 0 Å². The van der Waals surface area contributed by atoms with Gasteiger partial charge in [-0.25, -0.2) is 0 Å². The van der Waals surface area contributed by atoms with Gasteiger partial charge < -0.3 is 10.6 Å². The summed E-state index contributed by atoms with van der Waals surface area (Å²) in [7, 11) is 0. The van der Waals surface area contributed by atoms with E-state index in [9.17, 15) is 0 Å². The first-order valence-corrected chi connectivity index (χ1v) is 7.49. The lowest BCUT2D eigenvalue weighted by atomic mass is 9.99. The second kappa shape index (κ2) is 7.04. The molecule has 0 spiro atoms. The van der Waals surface area contributed by atoms with Crippen LogP contribution in [0.1, 0.15) is 31.9 Å². The summed E-state index contributed by atoms with van der Waals surface area (Å²) in [4.78, 5) is 5.08. The van der Waals surface area contributed by atoms with Crippen LogP contribution in [0.25, 0.3) is 0 Å². The van der Waals surface area contributed by atoms with Crippen molar-refractivity contribution in [2.24, 2.45) is 5.73 Å². The van der Waals surface area contributed by atoms with E-state index in [1.807, 2.05) is 6.07 Å². The quantitative estimate of drug-likeness (QED) is 0.881. The number of benzene rings is 1. The topological polar surface area (TPSA) is 32.5 Å². The van der Waals surface area contributed by atoms with E-state index < -0.39 is 0 Å². The van der Waals surface area contributed by atoms with Gasteiger partial charge in [-0.2, -0.15) is 0 Å². The predicted octanol–water partition coefficient (Wildman–Crippen LogP) is 2.10. The fourth-order valence-electron chi connectivity index (χ4n) is 2.89. The van der Waals surface area contributed by atoms with Crippen molar-refractivity contribution in [2.45, 2.75) is 32.4 Å². The molecule has 3 nitrogen and oxygen atoms in total. The highest BCUT2D eigenvalue weighted by Gasteiger charge is 2.25. The Balaban J connectivity index is 1.89. The molecule has 2 atom stereocenters. The second-order valence-electron chi connectivity index (χ2n) is 5.55. The van der Waals surface area contributed by atoms with E-state index in [0.29, 0.717) is 6.04 Å². The number of piperazine rings is 1. The van der Waals surface area contributed by atoms with E-state index in [2.05, 4.69) is 47.9 Å². The van der Waals surface area contributed by atoms with Gasteiger partial charge in [-0.3, -0.25) is 4.90 Å². The SMILES string of the molecule is CCCN1CCN(C(C)C(N)c2ccccc2)CC1. The zero-order valence-corrected chi connectivity index (χ0v) is 12.3. The third-order valence-electron chi connectivity index (χ3n) is 4.23. The van der Waals surface area contributed by atoms with Gasteiger partial charge in [-0.1, -0.05) is 37.3 Å². The van der Waals surface area contributed by atoms with Crippen LogP contribution in [0.2, 0.25) is 0 Å². The fourth-order valence-corrected chi connectivity index (χ4v) is 2.89. The van der Waals surface area contributed by atoms with Crippen molar-refractivity contribution < 1.29 is 0 Å². The lowest BCUT2D eigenvalue weighted by molar-refractivity contribution is 0.0919. The highest BCUT2D eigenvalue weighted by molar-refractivity contribution is 5.20. The maximum atomic E-state index is 6.41. The monoisotopic (exact) mass is 261 g/mol. The van der Waals surface area contributed by atoms with Gasteiger partial charge in [0.25, 0.3) is 0 Å². The Hall–Kier alpha value is -0.900. The number of nitrogens with two attached hydrogens (primary N) is 1. The standard InChI is InChI=1S/C16H27N3/c1-3-9-18-10-12-19(13-11-18)14(2)16(17)15-7-5-4-6-8-15/h4-8,14,16H,3,9-13,17H2,1-2H3. The maximum Gasteiger partial charge on any atom is 0.0450 e. The van der Waals surface area contributed by atoms with E-state index >= 15 is 0 Å². The lowest BCUT2D eigenvalue weighted by Crippen LogP contribution is -2.52. The third-order valence-corrected chi connectivity index (χ3v) is 4.23. The molecule has 1 fully saturated rings. The molecule has 0 saturated carbocycles. The van der Waals surface area contributed by atoms with Crippen LogP contribution >= 0.6 is 0 Å². The average molecular weight is 261 g/mol. The first-order chi connectivity index (χ1) is 9.22. The predicted molar refractivity (Wildman–Crippen MR) is 81.1 cm³/mol. The van der Waals surface area contributed by atoms with E-state index in [0.717, 1.165) is 13.1 Å². The van der Waals surface area contributed by atoms with Crippen LogP contribution in [-0.2, 0) is 0 Å². The first kappa shape index (κ1) is 14.5. The third kappa shape index (κ3) is 3.78. The summed E-state index contributed by atoms with van der Waals surface area (Å²) in [6.45, 7) is 10.4. The van der Waals surface area contributed by atoms with Gasteiger partial charge in [-0.15, -0.1) is 0 Å². The molecule has 0 aliphatic carbocycles. The molecule has 0 radical (unpaired) electrons. The van der Waals surface area contributed by atoms with Crippen LogP contribution in [-0.4, -0.2) is 48.6 Å². The molecule has 1 saturated heterocycles. The van der Waals surface area contributed by atoms with Crippen molar-refractivity contribution >= 4 is 0 Å². The van der Waals surface area contributed by atoms with Crippen molar-refractivity contribution in [2.75, 3.05) is 32.7 Å². The molecule has 0 aromatic heterocycles. The Morgan fingerprint density at radius 2 is 1.74 bits per heavy atom. The lowest BCUT2D eigenvalue weighted by Gasteiger charge is -2.40. The molecule has 1 aromatic rings. The van der Waals surface area contributed by atoms with E-state index in [4.69, 9.17) is 5.73 Å². The van der Waals surface area contributed by atoms with Crippen molar-refractivity contribution in [1.82, 2.24) is 9.80 Å². The molecule has 106 valence electrons. The molecule has 0 amide bonds. The Morgan fingerprint density at radius 1 is 1.11 bits per heavy atom. The van der Waals surface area contributed by atoms with Crippen LogP contribution in [0, 0.1) is 0 Å². The Bertz CT molecular complexity index is 358. The summed E-state index contributed by atoms with van der Waals surface area (Å²) in [5.74, 6) is 0. The van der Waals surface area contributed by atoms with Crippen LogP contribution in [0.3, 0.4) is 0 Å². The maximum absolute atomic E-state index is 6.41. The highest BCUT2D eigenvalue weighted by atomic mass is 15.3. The number of hydrogen-bond acceptors (Lipinski definition) is 3. The van der Waals surface area contributed by atoms with E-state index in [-0.39, 0.29) is 6.04 Å². The first-order valence-electron chi connectivity index (χ1n) is 7.49. The summed E-state index contributed by atoms with van der Waals surface area (Å²) < 4.78 is 0. The summed E-state index contributed by atoms with van der Waals surface area (Å²) >= 11 is 0. The molecular weight excluding hydrogens is 234 g/mol. The number of hydrogen-bond donors (Lipinski definition) is 1. The largest absolute Gasteiger partial charge is 0.323 e. The summed E-state index contributed by atoms with van der Waals surface area (Å²) in [6.07, 6.45) is 1.25. The smallest absolute Gasteiger partial charge is 0.0450 e. The van der Waals surface area contributed by atoms with Crippen LogP contribution < -0.4 is 5.73 Å². The van der Waals surface area contributed by atoms with Crippen LogP contribution in [0.5, 0.6) is 0 Å². The van der Waals surface area contributed by atoms with Crippen molar-refractivity contribution in [3.05, 3.63) is 35.9 Å². The molecular formula is C16H27N3. The van der Waals surface area contributed by atoms with Gasteiger partial charge in [-0.05, 0) is 25.5 Å². The molecule has 1 aliphatic rings. The highest BCUT2D eigenvalue weighted by Crippen LogP contribution is 2.19. The molecule has 2 rings (SSSR count). The van der Waals surface area contributed by atoms with Crippen molar-refractivity contribution in [3.8, 4) is 0 Å². The fraction of sp³-hybridized carbons (Fsp3) is 0.625. The minimum Gasteiger partial charge on any atom is -0.323 e. The molecule has 3 heteroatoms. The van der Waals surface area contributed by atoms with E-state index in [1.54, 1.807) is 0 Å². The molecule has 2 N–H and O–H groups in total. The van der Waals surface area contributed by atoms with Crippen molar-refractivity contribution in [1.29, 1.82) is 0 Å². The molecule has 1 heterocycles. The molecule has 1 aliphatic heterocycles. The van der Waals surface area contributed by atoms with Gasteiger partial charge in [0, 0.05) is 38.3 Å². The molecule has 2 unspecified atom stereocenters. The molecule has 1 aromatic carbocycles. The number of nitrogens with zero attached hydrogens (tertiary/aromatic N) is 2. The average Bonchev–Trinajstić information content (AvgIpc) is 2.48. The summed E-state index contributed by atoms with van der Waals surface area (Å²) in [5.41, 5.74) is 7.65. The molecule has 0 bridgehead atoms.